The summed E-state index contributed by atoms with van der Waals surface area (Å²) in [5, 5.41) is 0. The third-order valence-corrected chi connectivity index (χ3v) is 4.02. The zero-order chi connectivity index (χ0) is 20.0. The van der Waals surface area contributed by atoms with Crippen LogP contribution in [-0.2, 0) is 15.7 Å². The average molecular weight is 393 g/mol. The molecule has 9 heteroatoms. The van der Waals surface area contributed by atoms with E-state index >= 15 is 0 Å². The highest BCUT2D eigenvalue weighted by Crippen LogP contribution is 2.29. The maximum Gasteiger partial charge on any atom is 0.417 e. The second-order valence-electron chi connectivity index (χ2n) is 6.06. The van der Waals surface area contributed by atoms with Gasteiger partial charge in [0, 0.05) is 31.1 Å². The molecule has 2 aromatic heterocycles. The Labute approximate surface area is 159 Å². The van der Waals surface area contributed by atoms with Gasteiger partial charge in [-0.25, -0.2) is 4.98 Å². The van der Waals surface area contributed by atoms with Crippen LogP contribution in [0, 0.1) is 0 Å². The molecule has 3 heterocycles. The van der Waals surface area contributed by atoms with E-state index in [1.54, 1.807) is 29.3 Å². The van der Waals surface area contributed by atoms with Crippen molar-refractivity contribution < 1.29 is 27.4 Å². The van der Waals surface area contributed by atoms with Gasteiger partial charge >= 0.3 is 6.18 Å². The molecule has 3 rings (SSSR count). The van der Waals surface area contributed by atoms with Crippen molar-refractivity contribution in [2.24, 2.45) is 0 Å². The first-order chi connectivity index (χ1) is 13.4. The lowest BCUT2D eigenvalue weighted by molar-refractivity contribution is -0.137. The third-order valence-electron chi connectivity index (χ3n) is 4.02. The van der Waals surface area contributed by atoms with Crippen molar-refractivity contribution >= 4 is 12.0 Å². The van der Waals surface area contributed by atoms with Crippen molar-refractivity contribution in [3.63, 3.8) is 0 Å². The third kappa shape index (κ3) is 5.53. The van der Waals surface area contributed by atoms with Crippen LogP contribution < -0.4 is 4.74 Å². The number of nitrogens with zero attached hydrogens (tertiary/aromatic N) is 3. The smallest absolute Gasteiger partial charge is 0.417 e. The highest BCUT2D eigenvalue weighted by molar-refractivity contribution is 5.91. The summed E-state index contributed by atoms with van der Waals surface area (Å²) < 4.78 is 48.6. The summed E-state index contributed by atoms with van der Waals surface area (Å²) in [5.74, 6) is -0.110. The number of halogens is 3. The Balaban J connectivity index is 1.50. The molecule has 0 bridgehead atoms. The molecule has 2 aromatic rings. The van der Waals surface area contributed by atoms with Crippen LogP contribution in [0.5, 0.6) is 5.88 Å². The SMILES string of the molecule is O=C(/C=C/c1ccccn1)N1CCOC(COc2ccc(C(F)(F)F)cn2)C1. The lowest BCUT2D eigenvalue weighted by Gasteiger charge is -2.32. The zero-order valence-corrected chi connectivity index (χ0v) is 14.8. The maximum atomic E-state index is 12.5. The van der Waals surface area contributed by atoms with Crippen LogP contribution in [0.25, 0.3) is 6.08 Å². The molecule has 1 fully saturated rings. The van der Waals surface area contributed by atoms with Gasteiger partial charge in [-0.05, 0) is 24.3 Å². The van der Waals surface area contributed by atoms with Crippen molar-refractivity contribution in [1.82, 2.24) is 14.9 Å². The van der Waals surface area contributed by atoms with Crippen molar-refractivity contribution in [3.05, 3.63) is 60.1 Å². The minimum atomic E-state index is -4.44. The highest BCUT2D eigenvalue weighted by atomic mass is 19.4. The van der Waals surface area contributed by atoms with Crippen LogP contribution in [0.2, 0.25) is 0 Å². The predicted molar refractivity (Wildman–Crippen MR) is 94.3 cm³/mol. The average Bonchev–Trinajstić information content (AvgIpc) is 2.71. The number of hydrogen-bond donors (Lipinski definition) is 0. The molecule has 1 amide bonds. The fourth-order valence-corrected chi connectivity index (χ4v) is 2.57. The van der Waals surface area contributed by atoms with Crippen LogP contribution in [0.3, 0.4) is 0 Å². The number of ether oxygens (including phenoxy) is 2. The number of pyridine rings is 2. The van der Waals surface area contributed by atoms with E-state index < -0.39 is 17.8 Å². The number of morpholine rings is 1. The van der Waals surface area contributed by atoms with Gasteiger partial charge in [0.1, 0.15) is 12.7 Å². The molecular formula is C19H18F3N3O3. The number of amides is 1. The molecule has 1 unspecified atom stereocenters. The number of rotatable bonds is 5. The Morgan fingerprint density at radius 3 is 2.82 bits per heavy atom. The van der Waals surface area contributed by atoms with Gasteiger partial charge in [0.2, 0.25) is 11.8 Å². The van der Waals surface area contributed by atoms with E-state index in [1.165, 1.54) is 6.08 Å². The topological polar surface area (TPSA) is 64.6 Å². The van der Waals surface area contributed by atoms with Gasteiger partial charge in [-0.3, -0.25) is 9.78 Å². The van der Waals surface area contributed by atoms with E-state index in [4.69, 9.17) is 9.47 Å². The molecule has 0 aliphatic carbocycles. The Morgan fingerprint density at radius 1 is 1.29 bits per heavy atom. The first-order valence-electron chi connectivity index (χ1n) is 8.57. The second kappa shape index (κ2) is 8.83. The first-order valence-corrected chi connectivity index (χ1v) is 8.57. The molecule has 6 nitrogen and oxygen atoms in total. The zero-order valence-electron chi connectivity index (χ0n) is 14.8. The molecule has 1 aliphatic heterocycles. The number of carbonyl (C=O) groups is 1. The molecule has 148 valence electrons. The van der Waals surface area contributed by atoms with E-state index in [0.29, 0.717) is 25.4 Å². The number of carbonyl (C=O) groups excluding carboxylic acids is 1. The lowest BCUT2D eigenvalue weighted by Crippen LogP contribution is -2.47. The summed E-state index contributed by atoms with van der Waals surface area (Å²) in [6.45, 7) is 1.18. The van der Waals surface area contributed by atoms with Crippen LogP contribution >= 0.6 is 0 Å². The Kier molecular flexibility index (Phi) is 6.25. The minimum absolute atomic E-state index is 0.0649. The molecule has 1 atom stereocenters. The lowest BCUT2D eigenvalue weighted by atomic mass is 10.2. The largest absolute Gasteiger partial charge is 0.475 e. The van der Waals surface area contributed by atoms with Crippen LogP contribution in [-0.4, -0.2) is 53.2 Å². The fourth-order valence-electron chi connectivity index (χ4n) is 2.57. The van der Waals surface area contributed by atoms with Crippen LogP contribution in [0.1, 0.15) is 11.3 Å². The van der Waals surface area contributed by atoms with Crippen LogP contribution in [0.15, 0.2) is 48.8 Å². The summed E-state index contributed by atoms with van der Waals surface area (Å²) in [7, 11) is 0. The Morgan fingerprint density at radius 2 is 2.14 bits per heavy atom. The number of hydrogen-bond acceptors (Lipinski definition) is 5. The summed E-state index contributed by atoms with van der Waals surface area (Å²) in [6, 6.07) is 7.47. The highest BCUT2D eigenvalue weighted by Gasteiger charge is 2.31. The van der Waals surface area contributed by atoms with Crippen LogP contribution in [0.4, 0.5) is 13.2 Å². The Bertz CT molecular complexity index is 811. The number of alkyl halides is 3. The molecular weight excluding hydrogens is 375 g/mol. The predicted octanol–water partition coefficient (Wildman–Crippen LogP) is 2.82. The molecule has 0 N–H and O–H groups in total. The van der Waals surface area contributed by atoms with Crippen molar-refractivity contribution in [2.45, 2.75) is 12.3 Å². The maximum absolute atomic E-state index is 12.5. The fraction of sp³-hybridized carbons (Fsp3) is 0.316. The molecule has 0 spiro atoms. The molecule has 1 saturated heterocycles. The van der Waals surface area contributed by atoms with Gasteiger partial charge in [0.05, 0.1) is 24.4 Å². The molecule has 28 heavy (non-hydrogen) atoms. The van der Waals surface area contributed by atoms with Crippen molar-refractivity contribution in [2.75, 3.05) is 26.3 Å². The van der Waals surface area contributed by atoms with Gasteiger partial charge in [0.25, 0.3) is 0 Å². The number of aromatic nitrogens is 2. The van der Waals surface area contributed by atoms with Gasteiger partial charge in [-0.2, -0.15) is 13.2 Å². The normalized spacial score (nSPS) is 17.7. The van der Waals surface area contributed by atoms with Crippen molar-refractivity contribution in [3.8, 4) is 5.88 Å². The molecule has 0 saturated carbocycles. The molecule has 0 aromatic carbocycles. The molecule has 0 radical (unpaired) electrons. The van der Waals surface area contributed by atoms with Gasteiger partial charge < -0.3 is 14.4 Å². The van der Waals surface area contributed by atoms with E-state index in [9.17, 15) is 18.0 Å². The van der Waals surface area contributed by atoms with E-state index in [1.807, 2.05) is 6.07 Å². The standard InChI is InChI=1S/C19H18F3N3O3/c20-19(21,22)14-4-6-17(24-11-14)28-13-16-12-25(9-10-27-16)18(26)7-5-15-3-1-2-8-23-15/h1-8,11,16H,9-10,12-13H2/b7-5+. The summed E-state index contributed by atoms with van der Waals surface area (Å²) in [6.07, 6.45) is 0.599. The summed E-state index contributed by atoms with van der Waals surface area (Å²) >= 11 is 0. The first kappa shape index (κ1) is 19.8. The van der Waals surface area contributed by atoms with Crippen molar-refractivity contribution in [1.29, 1.82) is 0 Å². The quantitative estimate of drug-likeness (QED) is 0.731. The monoisotopic (exact) mass is 393 g/mol. The van der Waals surface area contributed by atoms with Gasteiger partial charge in [0.15, 0.2) is 0 Å². The van der Waals surface area contributed by atoms with Gasteiger partial charge in [-0.15, -0.1) is 0 Å². The summed E-state index contributed by atoms with van der Waals surface area (Å²) in [5.41, 5.74) is -0.164. The molecule has 1 aliphatic rings. The Hall–Kier alpha value is -2.94. The van der Waals surface area contributed by atoms with E-state index in [-0.39, 0.29) is 18.4 Å². The van der Waals surface area contributed by atoms with Gasteiger partial charge in [-0.1, -0.05) is 6.07 Å². The minimum Gasteiger partial charge on any atom is -0.475 e. The van der Waals surface area contributed by atoms with E-state index in [0.717, 1.165) is 18.3 Å². The second-order valence-corrected chi connectivity index (χ2v) is 6.06. The van der Waals surface area contributed by atoms with E-state index in [2.05, 4.69) is 9.97 Å². The summed E-state index contributed by atoms with van der Waals surface area (Å²) in [4.78, 5) is 21.7.